The van der Waals surface area contributed by atoms with Gasteiger partial charge in [0, 0.05) is 12.1 Å². The van der Waals surface area contributed by atoms with Crippen molar-refractivity contribution >= 4 is 0 Å². The van der Waals surface area contributed by atoms with Crippen molar-refractivity contribution in [3.05, 3.63) is 35.4 Å². The molecule has 0 spiro atoms. The highest BCUT2D eigenvalue weighted by Gasteiger charge is 2.17. The van der Waals surface area contributed by atoms with Gasteiger partial charge < -0.3 is 5.32 Å². The first-order chi connectivity index (χ1) is 7.09. The van der Waals surface area contributed by atoms with Gasteiger partial charge in [0.2, 0.25) is 0 Å². The Morgan fingerprint density at radius 2 is 1.87 bits per heavy atom. The van der Waals surface area contributed by atoms with Gasteiger partial charge in [0.15, 0.2) is 0 Å². The maximum absolute atomic E-state index is 3.64. The second kappa shape index (κ2) is 5.32. The van der Waals surface area contributed by atoms with Gasteiger partial charge in [-0.1, -0.05) is 43.7 Å². The van der Waals surface area contributed by atoms with E-state index in [1.807, 2.05) is 0 Å². The van der Waals surface area contributed by atoms with Crippen LogP contribution in [-0.2, 0) is 6.54 Å². The molecule has 0 aliphatic heterocycles. The predicted octanol–water partition coefficient (Wildman–Crippen LogP) is 3.66. The van der Waals surface area contributed by atoms with Crippen LogP contribution in [0.3, 0.4) is 0 Å². The van der Waals surface area contributed by atoms with Crippen LogP contribution >= 0.6 is 0 Å². The van der Waals surface area contributed by atoms with E-state index in [1.165, 1.54) is 24.0 Å². The van der Waals surface area contributed by atoms with Gasteiger partial charge in [-0.25, -0.2) is 0 Å². The van der Waals surface area contributed by atoms with Crippen LogP contribution in [0.25, 0.3) is 0 Å². The smallest absolute Gasteiger partial charge is 0.0210 e. The predicted molar refractivity (Wildman–Crippen MR) is 67.0 cm³/mol. The third-order valence-electron chi connectivity index (χ3n) is 3.36. The van der Waals surface area contributed by atoms with E-state index in [0.717, 1.165) is 6.54 Å². The molecule has 1 aromatic carbocycles. The van der Waals surface area contributed by atoms with E-state index in [1.54, 1.807) is 0 Å². The Balaban J connectivity index is 2.56. The number of aryl methyl sites for hydroxylation is 1. The topological polar surface area (TPSA) is 12.0 Å². The van der Waals surface area contributed by atoms with Crippen LogP contribution in [0.15, 0.2) is 24.3 Å². The molecule has 0 aromatic heterocycles. The summed E-state index contributed by atoms with van der Waals surface area (Å²) in [5.41, 5.74) is 3.00. The maximum atomic E-state index is 3.64. The first-order valence-electron chi connectivity index (χ1n) is 5.90. The Morgan fingerprint density at radius 1 is 1.20 bits per heavy atom. The summed E-state index contributed by atoms with van der Waals surface area (Å²) in [4.78, 5) is 0. The highest BCUT2D eigenvalue weighted by Crippen LogP contribution is 2.15. The molecule has 0 unspecified atom stereocenters. The van der Waals surface area contributed by atoms with E-state index in [-0.39, 0.29) is 5.54 Å². The molecule has 0 saturated carbocycles. The lowest BCUT2D eigenvalue weighted by molar-refractivity contribution is 0.329. The quantitative estimate of drug-likeness (QED) is 0.773. The van der Waals surface area contributed by atoms with Crippen LogP contribution < -0.4 is 5.32 Å². The number of hydrogen-bond donors (Lipinski definition) is 1. The second-order valence-electron chi connectivity index (χ2n) is 4.61. The van der Waals surface area contributed by atoms with Crippen molar-refractivity contribution < 1.29 is 0 Å². The molecular formula is C14H23N. The molecule has 0 radical (unpaired) electrons. The molecule has 0 saturated heterocycles. The Morgan fingerprint density at radius 3 is 2.40 bits per heavy atom. The summed E-state index contributed by atoms with van der Waals surface area (Å²) in [6, 6.07) is 8.70. The fourth-order valence-electron chi connectivity index (χ4n) is 1.64. The van der Waals surface area contributed by atoms with Crippen molar-refractivity contribution in [1.29, 1.82) is 0 Å². The largest absolute Gasteiger partial charge is 0.307 e. The minimum atomic E-state index is 0.281. The number of benzene rings is 1. The molecule has 0 atom stereocenters. The fraction of sp³-hybridized carbons (Fsp3) is 0.571. The molecular weight excluding hydrogens is 182 g/mol. The second-order valence-corrected chi connectivity index (χ2v) is 4.61. The number of rotatable bonds is 5. The number of hydrogen-bond acceptors (Lipinski definition) is 1. The lowest BCUT2D eigenvalue weighted by atomic mass is 9.95. The summed E-state index contributed by atoms with van der Waals surface area (Å²) in [6.45, 7) is 9.89. The average molecular weight is 205 g/mol. The van der Waals surface area contributed by atoms with E-state index in [4.69, 9.17) is 0 Å². The lowest BCUT2D eigenvalue weighted by Gasteiger charge is -2.28. The molecule has 0 heterocycles. The van der Waals surface area contributed by atoms with Gasteiger partial charge in [0.25, 0.3) is 0 Å². The third-order valence-corrected chi connectivity index (χ3v) is 3.36. The van der Waals surface area contributed by atoms with Gasteiger partial charge in [0.1, 0.15) is 0 Å². The van der Waals surface area contributed by atoms with Gasteiger partial charge in [-0.2, -0.15) is 0 Å². The van der Waals surface area contributed by atoms with Gasteiger partial charge in [-0.3, -0.25) is 0 Å². The summed E-state index contributed by atoms with van der Waals surface area (Å²) in [6.07, 6.45) is 2.35. The SMILES string of the molecule is CCC(C)(CC)NCc1cccc(C)c1. The highest BCUT2D eigenvalue weighted by molar-refractivity contribution is 5.22. The van der Waals surface area contributed by atoms with Crippen LogP contribution in [-0.4, -0.2) is 5.54 Å². The van der Waals surface area contributed by atoms with Gasteiger partial charge >= 0.3 is 0 Å². The van der Waals surface area contributed by atoms with E-state index in [9.17, 15) is 0 Å². The van der Waals surface area contributed by atoms with Crippen molar-refractivity contribution in [3.8, 4) is 0 Å². The minimum absolute atomic E-state index is 0.281. The van der Waals surface area contributed by atoms with E-state index in [0.29, 0.717) is 0 Å². The van der Waals surface area contributed by atoms with Crippen molar-refractivity contribution in [1.82, 2.24) is 5.32 Å². The van der Waals surface area contributed by atoms with Crippen LogP contribution in [0.1, 0.15) is 44.7 Å². The Kier molecular flexibility index (Phi) is 4.34. The summed E-state index contributed by atoms with van der Waals surface area (Å²) in [5.74, 6) is 0. The monoisotopic (exact) mass is 205 g/mol. The fourth-order valence-corrected chi connectivity index (χ4v) is 1.64. The zero-order valence-corrected chi connectivity index (χ0v) is 10.4. The Bertz CT molecular complexity index is 300. The van der Waals surface area contributed by atoms with Gasteiger partial charge in [0.05, 0.1) is 0 Å². The van der Waals surface area contributed by atoms with Crippen molar-refractivity contribution in [2.75, 3.05) is 0 Å². The molecule has 1 heteroatoms. The Hall–Kier alpha value is -0.820. The molecule has 1 rings (SSSR count). The highest BCUT2D eigenvalue weighted by atomic mass is 15.0. The summed E-state index contributed by atoms with van der Waals surface area (Å²) < 4.78 is 0. The third kappa shape index (κ3) is 3.67. The molecule has 1 N–H and O–H groups in total. The minimum Gasteiger partial charge on any atom is -0.307 e. The van der Waals surface area contributed by atoms with Crippen LogP contribution in [0.2, 0.25) is 0 Å². The summed E-state index contributed by atoms with van der Waals surface area (Å²) in [7, 11) is 0. The van der Waals surface area contributed by atoms with Crippen LogP contribution in [0.5, 0.6) is 0 Å². The molecule has 0 aliphatic rings. The summed E-state index contributed by atoms with van der Waals surface area (Å²) >= 11 is 0. The number of nitrogens with one attached hydrogen (secondary N) is 1. The molecule has 1 nitrogen and oxygen atoms in total. The summed E-state index contributed by atoms with van der Waals surface area (Å²) in [5, 5.41) is 3.64. The molecule has 15 heavy (non-hydrogen) atoms. The molecule has 1 aromatic rings. The molecule has 84 valence electrons. The molecule has 0 amide bonds. The van der Waals surface area contributed by atoms with E-state index < -0.39 is 0 Å². The zero-order valence-electron chi connectivity index (χ0n) is 10.4. The van der Waals surface area contributed by atoms with Crippen molar-refractivity contribution in [3.63, 3.8) is 0 Å². The van der Waals surface area contributed by atoms with Crippen LogP contribution in [0.4, 0.5) is 0 Å². The standard InChI is InChI=1S/C14H23N/c1-5-14(4,6-2)15-11-13-9-7-8-12(3)10-13/h7-10,15H,5-6,11H2,1-4H3. The first kappa shape index (κ1) is 12.3. The Labute approximate surface area is 93.9 Å². The molecule has 0 fully saturated rings. The zero-order chi connectivity index (χ0) is 11.3. The van der Waals surface area contributed by atoms with E-state index >= 15 is 0 Å². The van der Waals surface area contributed by atoms with Gasteiger partial charge in [-0.05, 0) is 32.3 Å². The van der Waals surface area contributed by atoms with E-state index in [2.05, 4.69) is 57.3 Å². The van der Waals surface area contributed by atoms with Gasteiger partial charge in [-0.15, -0.1) is 0 Å². The average Bonchev–Trinajstić information content (AvgIpc) is 2.26. The normalized spacial score (nSPS) is 11.7. The lowest BCUT2D eigenvalue weighted by Crippen LogP contribution is -2.40. The maximum Gasteiger partial charge on any atom is 0.0210 e. The molecule has 0 bridgehead atoms. The van der Waals surface area contributed by atoms with Crippen LogP contribution in [0, 0.1) is 6.92 Å². The first-order valence-corrected chi connectivity index (χ1v) is 5.90. The van der Waals surface area contributed by atoms with Crippen molar-refractivity contribution in [2.24, 2.45) is 0 Å². The van der Waals surface area contributed by atoms with Crippen molar-refractivity contribution in [2.45, 2.75) is 52.6 Å². The molecule has 0 aliphatic carbocycles.